The number of nitrogens with one attached hydrogen (secondary N) is 2. The van der Waals surface area contributed by atoms with Gasteiger partial charge in [-0.1, -0.05) is 30.3 Å². The molecule has 0 fully saturated rings. The lowest BCUT2D eigenvalue weighted by atomic mass is 10.2. The maximum Gasteiger partial charge on any atom is 0.259 e. The minimum atomic E-state index is -0.0681. The third-order valence-electron chi connectivity index (χ3n) is 3.85. The van der Waals surface area contributed by atoms with Crippen molar-refractivity contribution in [3.05, 3.63) is 60.2 Å². The lowest BCUT2D eigenvalue weighted by Crippen LogP contribution is -2.37. The summed E-state index contributed by atoms with van der Waals surface area (Å²) in [4.78, 5) is 18.7. The van der Waals surface area contributed by atoms with Gasteiger partial charge >= 0.3 is 0 Å². The first-order valence-electron chi connectivity index (χ1n) is 9.12. The number of amides is 1. The van der Waals surface area contributed by atoms with Gasteiger partial charge in [0.2, 0.25) is 0 Å². The number of rotatable bonds is 9. The Morgan fingerprint density at radius 1 is 1.10 bits per heavy atom. The molecule has 0 unspecified atom stereocenters. The maximum atomic E-state index is 11.6. The van der Waals surface area contributed by atoms with Crippen molar-refractivity contribution < 1.29 is 9.53 Å². The third-order valence-corrected chi connectivity index (χ3v) is 4.86. The Hall–Kier alpha value is -1.94. The Morgan fingerprint density at radius 3 is 2.55 bits per heavy atom. The quantitative estimate of drug-likeness (QED) is 0.172. The van der Waals surface area contributed by atoms with E-state index in [9.17, 15) is 4.79 Å². The fourth-order valence-electron chi connectivity index (χ4n) is 2.28. The zero-order chi connectivity index (χ0) is 20.2. The number of benzene rings is 2. The number of hydrogen-bond acceptors (Lipinski definition) is 4. The van der Waals surface area contributed by atoms with Crippen LogP contribution in [0.3, 0.4) is 0 Å². The van der Waals surface area contributed by atoms with Gasteiger partial charge in [-0.3, -0.25) is 9.79 Å². The highest BCUT2D eigenvalue weighted by atomic mass is 127. The summed E-state index contributed by atoms with van der Waals surface area (Å²) >= 11 is 1.81. The Kier molecular flexibility index (Phi) is 12.2. The molecule has 0 radical (unpaired) electrons. The van der Waals surface area contributed by atoms with Crippen LogP contribution in [-0.4, -0.2) is 56.8 Å². The highest BCUT2D eigenvalue weighted by Crippen LogP contribution is 2.16. The first-order valence-corrected chi connectivity index (χ1v) is 10.1. The zero-order valence-corrected chi connectivity index (χ0v) is 20.2. The molecule has 8 heteroatoms. The molecule has 2 aromatic carbocycles. The maximum absolute atomic E-state index is 11.6. The van der Waals surface area contributed by atoms with E-state index in [1.807, 2.05) is 42.5 Å². The molecule has 0 aliphatic heterocycles. The summed E-state index contributed by atoms with van der Waals surface area (Å²) in [7, 11) is 5.18. The van der Waals surface area contributed by atoms with Gasteiger partial charge in [-0.25, -0.2) is 0 Å². The van der Waals surface area contributed by atoms with Crippen LogP contribution in [0.1, 0.15) is 5.56 Å². The Labute approximate surface area is 194 Å². The molecule has 2 rings (SSSR count). The van der Waals surface area contributed by atoms with Crippen LogP contribution >= 0.6 is 35.7 Å². The fraction of sp³-hybridized carbons (Fsp3) is 0.333. The van der Waals surface area contributed by atoms with E-state index in [0.29, 0.717) is 12.3 Å². The molecular weight excluding hydrogens is 499 g/mol. The van der Waals surface area contributed by atoms with Crippen molar-refractivity contribution in [2.45, 2.75) is 11.4 Å². The van der Waals surface area contributed by atoms with Gasteiger partial charge < -0.3 is 20.3 Å². The second-order valence-corrected chi connectivity index (χ2v) is 7.41. The van der Waals surface area contributed by atoms with Gasteiger partial charge in [0, 0.05) is 44.9 Å². The van der Waals surface area contributed by atoms with Crippen molar-refractivity contribution in [2.24, 2.45) is 4.99 Å². The number of nitrogens with zero attached hydrogens (tertiary/aromatic N) is 2. The molecule has 2 N–H and O–H groups in total. The number of carbonyl (C=O) groups is 1. The van der Waals surface area contributed by atoms with Crippen LogP contribution in [0.2, 0.25) is 0 Å². The molecule has 0 saturated heterocycles. The van der Waals surface area contributed by atoms with Gasteiger partial charge in [-0.2, -0.15) is 0 Å². The Balaban J connectivity index is 0.00000420. The highest BCUT2D eigenvalue weighted by Gasteiger charge is 2.05. The van der Waals surface area contributed by atoms with Gasteiger partial charge in [-0.15, -0.1) is 35.7 Å². The van der Waals surface area contributed by atoms with E-state index in [1.165, 1.54) is 9.80 Å². The van der Waals surface area contributed by atoms with Gasteiger partial charge in [0.25, 0.3) is 5.91 Å². The SMILES string of the molecule is CN=C(NCCSc1ccccc1)NCc1cccc(OCC(=O)N(C)C)c1.I. The second-order valence-electron chi connectivity index (χ2n) is 6.24. The van der Waals surface area contributed by atoms with E-state index < -0.39 is 0 Å². The van der Waals surface area contributed by atoms with Crippen molar-refractivity contribution >= 4 is 47.6 Å². The number of ether oxygens (including phenoxy) is 1. The van der Waals surface area contributed by atoms with Crippen LogP contribution in [0.5, 0.6) is 5.75 Å². The average Bonchev–Trinajstić information content (AvgIpc) is 2.72. The molecule has 0 aromatic heterocycles. The van der Waals surface area contributed by atoms with Gasteiger partial charge in [0.05, 0.1) is 0 Å². The smallest absolute Gasteiger partial charge is 0.259 e. The number of thioether (sulfide) groups is 1. The zero-order valence-electron chi connectivity index (χ0n) is 17.1. The molecule has 0 atom stereocenters. The minimum absolute atomic E-state index is 0. The Morgan fingerprint density at radius 2 is 1.86 bits per heavy atom. The number of guanidine groups is 1. The van der Waals surface area contributed by atoms with Gasteiger partial charge in [0.15, 0.2) is 12.6 Å². The summed E-state index contributed by atoms with van der Waals surface area (Å²) in [5.74, 6) is 2.31. The van der Waals surface area contributed by atoms with Gasteiger partial charge in [0.1, 0.15) is 5.75 Å². The molecule has 0 heterocycles. The normalized spacial score (nSPS) is 10.7. The topological polar surface area (TPSA) is 66.0 Å². The molecule has 0 saturated carbocycles. The highest BCUT2D eigenvalue weighted by molar-refractivity contribution is 14.0. The molecular formula is C21H29IN4O2S. The van der Waals surface area contributed by atoms with E-state index in [4.69, 9.17) is 4.74 Å². The molecule has 0 spiro atoms. The average molecular weight is 528 g/mol. The molecule has 2 aromatic rings. The van der Waals surface area contributed by atoms with Crippen molar-refractivity contribution in [1.82, 2.24) is 15.5 Å². The first-order chi connectivity index (χ1) is 13.6. The molecule has 29 heavy (non-hydrogen) atoms. The monoisotopic (exact) mass is 528 g/mol. The van der Waals surface area contributed by atoms with Crippen LogP contribution in [0.25, 0.3) is 0 Å². The fourth-order valence-corrected chi connectivity index (χ4v) is 3.07. The molecule has 1 amide bonds. The minimum Gasteiger partial charge on any atom is -0.484 e. The van der Waals surface area contributed by atoms with E-state index in [-0.39, 0.29) is 36.5 Å². The number of hydrogen-bond donors (Lipinski definition) is 2. The van der Waals surface area contributed by atoms with Crippen LogP contribution in [0.15, 0.2) is 64.5 Å². The summed E-state index contributed by atoms with van der Waals surface area (Å²) in [6, 6.07) is 18.0. The molecule has 6 nitrogen and oxygen atoms in total. The summed E-state index contributed by atoms with van der Waals surface area (Å²) in [6.45, 7) is 1.46. The lowest BCUT2D eigenvalue weighted by Gasteiger charge is -2.13. The van der Waals surface area contributed by atoms with Crippen molar-refractivity contribution in [3.8, 4) is 5.75 Å². The van der Waals surface area contributed by atoms with Crippen LogP contribution in [0, 0.1) is 0 Å². The van der Waals surface area contributed by atoms with Crippen molar-refractivity contribution in [2.75, 3.05) is 40.0 Å². The third kappa shape index (κ3) is 9.89. The molecule has 158 valence electrons. The standard InChI is InChI=1S/C21H28N4O2S.HI/c1-22-21(23-12-13-28-19-10-5-4-6-11-19)24-15-17-8-7-9-18(14-17)27-16-20(26)25(2)3;/h4-11,14H,12-13,15-16H2,1-3H3,(H2,22,23,24);1H. The van der Waals surface area contributed by atoms with Crippen molar-refractivity contribution in [1.29, 1.82) is 0 Å². The molecule has 0 bridgehead atoms. The number of aliphatic imine (C=N–C) groups is 1. The number of likely N-dealkylation sites (N-methyl/N-ethyl adjacent to an activating group) is 1. The predicted octanol–water partition coefficient (Wildman–Crippen LogP) is 3.23. The number of halogens is 1. The summed E-state index contributed by atoms with van der Waals surface area (Å²) in [5, 5.41) is 6.61. The van der Waals surface area contributed by atoms with Crippen LogP contribution < -0.4 is 15.4 Å². The van der Waals surface area contributed by atoms with E-state index in [0.717, 1.165) is 23.8 Å². The first kappa shape index (κ1) is 25.1. The summed E-state index contributed by atoms with van der Waals surface area (Å²) in [5.41, 5.74) is 1.05. The second kappa shape index (κ2) is 14.1. The van der Waals surface area contributed by atoms with Crippen LogP contribution in [-0.2, 0) is 11.3 Å². The van der Waals surface area contributed by atoms with E-state index in [2.05, 4.69) is 27.8 Å². The summed E-state index contributed by atoms with van der Waals surface area (Å²) < 4.78 is 5.56. The van der Waals surface area contributed by atoms with Crippen LogP contribution in [0.4, 0.5) is 0 Å². The predicted molar refractivity (Wildman–Crippen MR) is 131 cm³/mol. The van der Waals surface area contributed by atoms with E-state index >= 15 is 0 Å². The van der Waals surface area contributed by atoms with Crippen molar-refractivity contribution in [3.63, 3.8) is 0 Å². The van der Waals surface area contributed by atoms with E-state index in [1.54, 1.807) is 32.9 Å². The summed E-state index contributed by atoms with van der Waals surface area (Å²) in [6.07, 6.45) is 0. The molecule has 0 aliphatic rings. The Bertz CT molecular complexity index is 772. The molecule has 0 aliphatic carbocycles. The van der Waals surface area contributed by atoms with Gasteiger partial charge in [-0.05, 0) is 29.8 Å². The largest absolute Gasteiger partial charge is 0.484 e. The number of carbonyl (C=O) groups excluding carboxylic acids is 1. The lowest BCUT2D eigenvalue weighted by molar-refractivity contribution is -0.130.